The van der Waals surface area contributed by atoms with Gasteiger partial charge in [0.25, 0.3) is 5.91 Å². The number of amides is 1. The van der Waals surface area contributed by atoms with Crippen LogP contribution in [0.2, 0.25) is 0 Å². The number of carbonyl (C=O) groups is 1. The van der Waals surface area contributed by atoms with E-state index in [9.17, 15) is 4.79 Å². The highest BCUT2D eigenvalue weighted by Gasteiger charge is 2.37. The van der Waals surface area contributed by atoms with E-state index in [0.717, 1.165) is 38.0 Å². The molecule has 1 saturated heterocycles. The van der Waals surface area contributed by atoms with Crippen molar-refractivity contribution in [2.75, 3.05) is 13.1 Å². The molecule has 110 valence electrons. The van der Waals surface area contributed by atoms with Crippen LogP contribution in [0.3, 0.4) is 0 Å². The normalized spacial score (nSPS) is 26.4. The predicted octanol–water partition coefficient (Wildman–Crippen LogP) is 2.33. The van der Waals surface area contributed by atoms with Gasteiger partial charge >= 0.3 is 0 Å². The van der Waals surface area contributed by atoms with Gasteiger partial charge in [-0.3, -0.25) is 4.79 Å². The molecular weight excluding hydrogens is 250 g/mol. The van der Waals surface area contributed by atoms with Crippen LogP contribution in [-0.2, 0) is 0 Å². The van der Waals surface area contributed by atoms with Crippen molar-refractivity contribution < 1.29 is 4.79 Å². The summed E-state index contributed by atoms with van der Waals surface area (Å²) in [6.07, 6.45) is 7.88. The van der Waals surface area contributed by atoms with Crippen molar-refractivity contribution in [2.45, 2.75) is 51.1 Å². The zero-order valence-corrected chi connectivity index (χ0v) is 12.3. The second kappa shape index (κ2) is 6.00. The molecule has 1 aliphatic heterocycles. The first-order chi connectivity index (χ1) is 9.79. The quantitative estimate of drug-likeness (QED) is 0.866. The Labute approximate surface area is 120 Å². The highest BCUT2D eigenvalue weighted by Crippen LogP contribution is 2.34. The zero-order valence-electron chi connectivity index (χ0n) is 12.3. The molecule has 2 atom stereocenters. The molecule has 3 rings (SSSR count). The van der Waals surface area contributed by atoms with Gasteiger partial charge in [0.05, 0.1) is 0 Å². The SMILES string of the molecule is CCCC1CC1NC(=O)c1cccn1C1CCNCC1. The van der Waals surface area contributed by atoms with Gasteiger partial charge in [-0.1, -0.05) is 13.3 Å². The molecule has 1 amide bonds. The van der Waals surface area contributed by atoms with E-state index >= 15 is 0 Å². The van der Waals surface area contributed by atoms with E-state index < -0.39 is 0 Å². The minimum atomic E-state index is 0.108. The van der Waals surface area contributed by atoms with Crippen molar-refractivity contribution >= 4 is 5.91 Å². The first kappa shape index (κ1) is 13.7. The summed E-state index contributed by atoms with van der Waals surface area (Å²) in [6, 6.07) is 4.83. The number of rotatable bonds is 5. The lowest BCUT2D eigenvalue weighted by Crippen LogP contribution is -2.33. The molecule has 2 N–H and O–H groups in total. The molecule has 2 heterocycles. The van der Waals surface area contributed by atoms with Crippen LogP contribution in [0.1, 0.15) is 55.6 Å². The molecule has 4 nitrogen and oxygen atoms in total. The second-order valence-corrected chi connectivity index (χ2v) is 6.15. The van der Waals surface area contributed by atoms with Crippen molar-refractivity contribution in [3.8, 4) is 0 Å². The van der Waals surface area contributed by atoms with Gasteiger partial charge in [-0.05, 0) is 56.8 Å². The van der Waals surface area contributed by atoms with Crippen LogP contribution in [0.5, 0.6) is 0 Å². The Kier molecular flexibility index (Phi) is 4.10. The maximum atomic E-state index is 12.4. The summed E-state index contributed by atoms with van der Waals surface area (Å²) in [7, 11) is 0. The molecule has 0 aromatic carbocycles. The van der Waals surface area contributed by atoms with E-state index in [1.807, 2.05) is 12.1 Å². The van der Waals surface area contributed by atoms with Gasteiger partial charge in [0.2, 0.25) is 0 Å². The zero-order chi connectivity index (χ0) is 13.9. The minimum absolute atomic E-state index is 0.108. The Morgan fingerprint density at radius 3 is 3.00 bits per heavy atom. The Morgan fingerprint density at radius 2 is 2.25 bits per heavy atom. The Balaban J connectivity index is 1.62. The third-order valence-corrected chi connectivity index (χ3v) is 4.61. The predicted molar refractivity (Wildman–Crippen MR) is 79.8 cm³/mol. The third kappa shape index (κ3) is 2.90. The van der Waals surface area contributed by atoms with Crippen molar-refractivity contribution in [1.29, 1.82) is 0 Å². The van der Waals surface area contributed by atoms with Crippen LogP contribution in [0.15, 0.2) is 18.3 Å². The molecule has 1 aromatic rings. The van der Waals surface area contributed by atoms with Gasteiger partial charge in [0.1, 0.15) is 5.69 Å². The van der Waals surface area contributed by atoms with Gasteiger partial charge in [-0.2, -0.15) is 0 Å². The highest BCUT2D eigenvalue weighted by atomic mass is 16.2. The maximum Gasteiger partial charge on any atom is 0.268 e. The fourth-order valence-corrected chi connectivity index (χ4v) is 3.35. The molecule has 0 spiro atoms. The molecule has 2 aliphatic rings. The first-order valence-corrected chi connectivity index (χ1v) is 7.98. The van der Waals surface area contributed by atoms with Gasteiger partial charge in [-0.25, -0.2) is 0 Å². The summed E-state index contributed by atoms with van der Waals surface area (Å²) >= 11 is 0. The highest BCUT2D eigenvalue weighted by molar-refractivity contribution is 5.93. The largest absolute Gasteiger partial charge is 0.348 e. The van der Waals surface area contributed by atoms with Gasteiger partial charge < -0.3 is 15.2 Å². The number of piperidine rings is 1. The summed E-state index contributed by atoms with van der Waals surface area (Å²) < 4.78 is 2.17. The molecule has 2 fully saturated rings. The second-order valence-electron chi connectivity index (χ2n) is 6.15. The summed E-state index contributed by atoms with van der Waals surface area (Å²) in [6.45, 7) is 4.30. The van der Waals surface area contributed by atoms with Crippen LogP contribution in [0.4, 0.5) is 0 Å². The van der Waals surface area contributed by atoms with Crippen molar-refractivity contribution in [3.63, 3.8) is 0 Å². The average Bonchev–Trinajstić information content (AvgIpc) is 3.02. The number of nitrogens with one attached hydrogen (secondary N) is 2. The standard InChI is InChI=1S/C16H25N3O/c1-2-4-12-11-14(12)18-16(20)15-5-3-10-19(15)13-6-8-17-9-7-13/h3,5,10,12-14,17H,2,4,6-9,11H2,1H3,(H,18,20). The third-order valence-electron chi connectivity index (χ3n) is 4.61. The van der Waals surface area contributed by atoms with Gasteiger partial charge in [0.15, 0.2) is 0 Å². The molecule has 0 radical (unpaired) electrons. The Hall–Kier alpha value is -1.29. The van der Waals surface area contributed by atoms with E-state index in [-0.39, 0.29) is 5.91 Å². The smallest absolute Gasteiger partial charge is 0.268 e. The summed E-state index contributed by atoms with van der Waals surface area (Å²) in [4.78, 5) is 12.4. The Morgan fingerprint density at radius 1 is 1.45 bits per heavy atom. The lowest BCUT2D eigenvalue weighted by molar-refractivity contribution is 0.0936. The molecule has 2 unspecified atom stereocenters. The lowest BCUT2D eigenvalue weighted by atomic mass is 10.1. The topological polar surface area (TPSA) is 46.1 Å². The van der Waals surface area contributed by atoms with Crippen LogP contribution in [0, 0.1) is 5.92 Å². The van der Waals surface area contributed by atoms with Crippen LogP contribution in [0.25, 0.3) is 0 Å². The number of hydrogen-bond donors (Lipinski definition) is 2. The van der Waals surface area contributed by atoms with E-state index in [2.05, 4.69) is 28.3 Å². The van der Waals surface area contributed by atoms with Crippen molar-refractivity contribution in [2.24, 2.45) is 5.92 Å². The molecule has 0 bridgehead atoms. The van der Waals surface area contributed by atoms with E-state index in [1.165, 1.54) is 12.8 Å². The summed E-state index contributed by atoms with van der Waals surface area (Å²) in [5, 5.41) is 6.57. The van der Waals surface area contributed by atoms with Crippen LogP contribution in [-0.4, -0.2) is 29.6 Å². The van der Waals surface area contributed by atoms with Crippen LogP contribution < -0.4 is 10.6 Å². The monoisotopic (exact) mass is 275 g/mol. The fourth-order valence-electron chi connectivity index (χ4n) is 3.35. The molecular formula is C16H25N3O. The molecule has 20 heavy (non-hydrogen) atoms. The molecule has 4 heteroatoms. The maximum absolute atomic E-state index is 12.4. The van der Waals surface area contributed by atoms with Crippen LogP contribution >= 0.6 is 0 Å². The lowest BCUT2D eigenvalue weighted by Gasteiger charge is -2.26. The first-order valence-electron chi connectivity index (χ1n) is 7.98. The average molecular weight is 275 g/mol. The minimum Gasteiger partial charge on any atom is -0.348 e. The Bertz CT molecular complexity index is 462. The number of hydrogen-bond acceptors (Lipinski definition) is 2. The van der Waals surface area contributed by atoms with Gasteiger partial charge in [-0.15, -0.1) is 0 Å². The number of aromatic nitrogens is 1. The summed E-state index contributed by atoms with van der Waals surface area (Å²) in [5.41, 5.74) is 0.832. The molecule has 1 aromatic heterocycles. The summed E-state index contributed by atoms with van der Waals surface area (Å²) in [5.74, 6) is 0.823. The molecule has 1 aliphatic carbocycles. The number of carbonyl (C=O) groups excluding carboxylic acids is 1. The van der Waals surface area contributed by atoms with E-state index in [0.29, 0.717) is 18.0 Å². The van der Waals surface area contributed by atoms with E-state index in [4.69, 9.17) is 0 Å². The molecule has 1 saturated carbocycles. The fraction of sp³-hybridized carbons (Fsp3) is 0.688. The van der Waals surface area contributed by atoms with Crippen molar-refractivity contribution in [1.82, 2.24) is 15.2 Å². The van der Waals surface area contributed by atoms with E-state index in [1.54, 1.807) is 0 Å². The number of nitrogens with zero attached hydrogens (tertiary/aromatic N) is 1. The van der Waals surface area contributed by atoms with Gasteiger partial charge in [0, 0.05) is 18.3 Å². The van der Waals surface area contributed by atoms with Crippen molar-refractivity contribution in [3.05, 3.63) is 24.0 Å².